The standard InChI is InChI=1S/C12H13N5OS/c1-18-9(7-13)11-16-17-10(14-15-12(17)19-11)8-5-3-2-4-6-8/h2-6,9H,7,13H2,1H3. The minimum Gasteiger partial charge on any atom is -0.373 e. The first kappa shape index (κ1) is 12.2. The van der Waals surface area contributed by atoms with Crippen LogP contribution in [-0.4, -0.2) is 33.5 Å². The van der Waals surface area contributed by atoms with Crippen LogP contribution in [0, 0.1) is 0 Å². The highest BCUT2D eigenvalue weighted by Gasteiger charge is 2.18. The molecule has 3 aromatic rings. The second-order valence-corrected chi connectivity index (χ2v) is 4.97. The highest BCUT2D eigenvalue weighted by Crippen LogP contribution is 2.25. The molecule has 2 aromatic heterocycles. The molecule has 2 N–H and O–H groups in total. The number of fused-ring (bicyclic) bond motifs is 1. The van der Waals surface area contributed by atoms with Gasteiger partial charge in [-0.3, -0.25) is 0 Å². The molecular formula is C12H13N5OS. The van der Waals surface area contributed by atoms with Gasteiger partial charge in [0.05, 0.1) is 0 Å². The van der Waals surface area contributed by atoms with E-state index in [1.165, 1.54) is 11.3 Å². The van der Waals surface area contributed by atoms with Crippen LogP contribution in [0.25, 0.3) is 16.3 Å². The molecule has 1 aromatic carbocycles. The summed E-state index contributed by atoms with van der Waals surface area (Å²) < 4.78 is 7.02. The normalized spacial score (nSPS) is 12.9. The van der Waals surface area contributed by atoms with E-state index in [2.05, 4.69) is 15.3 Å². The van der Waals surface area contributed by atoms with Crippen LogP contribution in [0.1, 0.15) is 11.1 Å². The summed E-state index contributed by atoms with van der Waals surface area (Å²) in [7, 11) is 1.62. The Bertz CT molecular complexity index is 674. The zero-order valence-corrected chi connectivity index (χ0v) is 11.2. The first-order valence-corrected chi connectivity index (χ1v) is 6.65. The van der Waals surface area contributed by atoms with Gasteiger partial charge < -0.3 is 10.5 Å². The molecule has 3 rings (SSSR count). The number of hydrogen-bond acceptors (Lipinski definition) is 6. The Morgan fingerprint density at radius 3 is 2.79 bits per heavy atom. The smallest absolute Gasteiger partial charge is 0.235 e. The molecule has 0 radical (unpaired) electrons. The van der Waals surface area contributed by atoms with Crippen LogP contribution >= 0.6 is 11.3 Å². The van der Waals surface area contributed by atoms with Crippen molar-refractivity contribution in [1.82, 2.24) is 19.8 Å². The first-order valence-electron chi connectivity index (χ1n) is 5.84. The highest BCUT2D eigenvalue weighted by molar-refractivity contribution is 7.16. The average molecular weight is 275 g/mol. The van der Waals surface area contributed by atoms with Gasteiger partial charge in [-0.05, 0) is 0 Å². The van der Waals surface area contributed by atoms with Crippen molar-refractivity contribution >= 4 is 16.3 Å². The summed E-state index contributed by atoms with van der Waals surface area (Å²) in [5.41, 5.74) is 6.63. The van der Waals surface area contributed by atoms with E-state index in [9.17, 15) is 0 Å². The molecule has 0 spiro atoms. The summed E-state index contributed by atoms with van der Waals surface area (Å²) in [5.74, 6) is 0.727. The first-order chi connectivity index (χ1) is 9.33. The van der Waals surface area contributed by atoms with Crippen LogP contribution in [0.15, 0.2) is 30.3 Å². The molecule has 7 heteroatoms. The van der Waals surface area contributed by atoms with Crippen molar-refractivity contribution in [3.05, 3.63) is 35.3 Å². The fourth-order valence-electron chi connectivity index (χ4n) is 1.83. The third-order valence-electron chi connectivity index (χ3n) is 2.81. The van der Waals surface area contributed by atoms with Gasteiger partial charge in [-0.2, -0.15) is 9.61 Å². The Morgan fingerprint density at radius 1 is 1.32 bits per heavy atom. The summed E-state index contributed by atoms with van der Waals surface area (Å²) >= 11 is 1.44. The Kier molecular flexibility index (Phi) is 3.24. The minimum atomic E-state index is -0.199. The monoisotopic (exact) mass is 275 g/mol. The number of benzene rings is 1. The van der Waals surface area contributed by atoms with Crippen LogP contribution in [0.5, 0.6) is 0 Å². The Hall–Kier alpha value is -1.83. The molecule has 6 nitrogen and oxygen atoms in total. The quantitative estimate of drug-likeness (QED) is 0.780. The van der Waals surface area contributed by atoms with Gasteiger partial charge in [0.25, 0.3) is 0 Å². The molecule has 0 bridgehead atoms. The van der Waals surface area contributed by atoms with E-state index in [1.807, 2.05) is 30.3 Å². The molecule has 1 atom stereocenters. The average Bonchev–Trinajstić information content (AvgIpc) is 3.01. The molecule has 1 unspecified atom stereocenters. The molecule has 0 fully saturated rings. The van der Waals surface area contributed by atoms with Crippen LogP contribution in [0.3, 0.4) is 0 Å². The van der Waals surface area contributed by atoms with Gasteiger partial charge in [0.2, 0.25) is 4.96 Å². The van der Waals surface area contributed by atoms with E-state index in [4.69, 9.17) is 10.5 Å². The van der Waals surface area contributed by atoms with Gasteiger partial charge in [-0.1, -0.05) is 41.7 Å². The van der Waals surface area contributed by atoms with Gasteiger partial charge in [0.15, 0.2) is 5.82 Å². The summed E-state index contributed by atoms with van der Waals surface area (Å²) in [6.07, 6.45) is -0.199. The van der Waals surface area contributed by atoms with Gasteiger partial charge in [-0.15, -0.1) is 10.2 Å². The summed E-state index contributed by atoms with van der Waals surface area (Å²) in [4.78, 5) is 0.740. The number of ether oxygens (including phenoxy) is 1. The topological polar surface area (TPSA) is 78.3 Å². The molecule has 0 aliphatic heterocycles. The van der Waals surface area contributed by atoms with Crippen LogP contribution in [-0.2, 0) is 4.74 Å². The maximum Gasteiger partial charge on any atom is 0.235 e. The Labute approximate surface area is 113 Å². The van der Waals surface area contributed by atoms with E-state index in [0.29, 0.717) is 6.54 Å². The number of rotatable bonds is 4. The summed E-state index contributed by atoms with van der Waals surface area (Å²) in [6, 6.07) is 9.84. The maximum atomic E-state index is 5.65. The van der Waals surface area contributed by atoms with Crippen LogP contribution in [0.4, 0.5) is 0 Å². The van der Waals surface area contributed by atoms with Crippen LogP contribution in [0.2, 0.25) is 0 Å². The second-order valence-electron chi connectivity index (χ2n) is 3.98. The molecule has 19 heavy (non-hydrogen) atoms. The van der Waals surface area contributed by atoms with E-state index in [1.54, 1.807) is 11.6 Å². The Balaban J connectivity index is 2.08. The van der Waals surface area contributed by atoms with Gasteiger partial charge in [-0.25, -0.2) is 0 Å². The van der Waals surface area contributed by atoms with Crippen molar-refractivity contribution < 1.29 is 4.74 Å². The number of hydrogen-bond donors (Lipinski definition) is 1. The van der Waals surface area contributed by atoms with Crippen molar-refractivity contribution in [3.63, 3.8) is 0 Å². The molecule has 0 aliphatic carbocycles. The molecule has 0 saturated heterocycles. The number of methoxy groups -OCH3 is 1. The number of nitrogens with two attached hydrogens (primary N) is 1. The zero-order valence-electron chi connectivity index (χ0n) is 10.4. The number of nitrogens with zero attached hydrogens (tertiary/aromatic N) is 4. The predicted molar refractivity (Wildman–Crippen MR) is 72.9 cm³/mol. The lowest BCUT2D eigenvalue weighted by molar-refractivity contribution is 0.109. The van der Waals surface area contributed by atoms with E-state index in [-0.39, 0.29) is 6.10 Å². The number of aromatic nitrogens is 4. The van der Waals surface area contributed by atoms with E-state index >= 15 is 0 Å². The molecule has 0 amide bonds. The van der Waals surface area contributed by atoms with Gasteiger partial charge in [0.1, 0.15) is 11.1 Å². The maximum absolute atomic E-state index is 5.65. The minimum absolute atomic E-state index is 0.199. The fraction of sp³-hybridized carbons (Fsp3) is 0.250. The summed E-state index contributed by atoms with van der Waals surface area (Å²) in [6.45, 7) is 0.390. The summed E-state index contributed by atoms with van der Waals surface area (Å²) in [5, 5.41) is 13.6. The third-order valence-corrected chi connectivity index (χ3v) is 3.80. The molecule has 0 aliphatic rings. The fourth-order valence-corrected chi connectivity index (χ4v) is 2.76. The lowest BCUT2D eigenvalue weighted by Gasteiger charge is -2.07. The van der Waals surface area contributed by atoms with Crippen molar-refractivity contribution in [3.8, 4) is 11.4 Å². The molecule has 98 valence electrons. The van der Waals surface area contributed by atoms with Crippen molar-refractivity contribution in [2.45, 2.75) is 6.10 Å². The van der Waals surface area contributed by atoms with Crippen molar-refractivity contribution in [2.24, 2.45) is 5.73 Å². The molecule has 0 saturated carbocycles. The molecular weight excluding hydrogens is 262 g/mol. The lowest BCUT2D eigenvalue weighted by Crippen LogP contribution is -2.14. The third kappa shape index (κ3) is 2.12. The van der Waals surface area contributed by atoms with Crippen LogP contribution < -0.4 is 5.73 Å². The SMILES string of the molecule is COC(CN)c1nn2c(-c3ccccc3)nnc2s1. The van der Waals surface area contributed by atoms with Crippen molar-refractivity contribution in [1.29, 1.82) is 0 Å². The van der Waals surface area contributed by atoms with E-state index < -0.39 is 0 Å². The predicted octanol–water partition coefficient (Wildman–Crippen LogP) is 1.50. The van der Waals surface area contributed by atoms with Gasteiger partial charge in [0, 0.05) is 19.2 Å². The van der Waals surface area contributed by atoms with Gasteiger partial charge >= 0.3 is 0 Å². The zero-order chi connectivity index (χ0) is 13.2. The largest absolute Gasteiger partial charge is 0.373 e. The van der Waals surface area contributed by atoms with Crippen molar-refractivity contribution in [2.75, 3.05) is 13.7 Å². The molecule has 2 heterocycles. The highest BCUT2D eigenvalue weighted by atomic mass is 32.1. The Morgan fingerprint density at radius 2 is 2.11 bits per heavy atom. The lowest BCUT2D eigenvalue weighted by atomic mass is 10.2. The second kappa shape index (κ2) is 5.04. The van der Waals surface area contributed by atoms with E-state index in [0.717, 1.165) is 21.4 Å².